The van der Waals surface area contributed by atoms with E-state index in [2.05, 4.69) is 47.4 Å². The number of hydrogen-bond acceptors (Lipinski definition) is 5. The first-order chi connectivity index (χ1) is 12.5. The number of amides is 1. The Morgan fingerprint density at radius 2 is 1.96 bits per heavy atom. The molecule has 0 aliphatic carbocycles. The van der Waals surface area contributed by atoms with Crippen LogP contribution in [0.3, 0.4) is 0 Å². The molecule has 0 N–H and O–H groups in total. The second-order valence-electron chi connectivity index (χ2n) is 7.41. The molecule has 0 unspecified atom stereocenters. The Bertz CT molecular complexity index is 729. The Labute approximate surface area is 159 Å². The molecule has 3 heterocycles. The molecule has 0 radical (unpaired) electrons. The number of carbonyl (C=O) groups is 1. The van der Waals surface area contributed by atoms with Crippen molar-refractivity contribution in [1.29, 1.82) is 0 Å². The molecule has 1 fully saturated rings. The van der Waals surface area contributed by atoms with Crippen LogP contribution in [0.5, 0.6) is 0 Å². The summed E-state index contributed by atoms with van der Waals surface area (Å²) in [6, 6.07) is 0. The van der Waals surface area contributed by atoms with E-state index < -0.39 is 0 Å². The van der Waals surface area contributed by atoms with Gasteiger partial charge in [-0.3, -0.25) is 9.48 Å². The number of aryl methyl sites for hydroxylation is 1. The molecular weight excluding hydrogens is 346 g/mol. The van der Waals surface area contributed by atoms with Gasteiger partial charge in [0.1, 0.15) is 0 Å². The lowest BCUT2D eigenvalue weighted by Gasteiger charge is -2.34. The molecule has 2 aromatic heterocycles. The molecule has 0 atom stereocenters. The molecule has 1 aliphatic rings. The first-order valence-electron chi connectivity index (χ1n) is 9.40. The molecule has 26 heavy (non-hydrogen) atoms. The zero-order chi connectivity index (χ0) is 18.7. The molecule has 7 heteroatoms. The molecule has 0 spiro atoms. The Morgan fingerprint density at radius 1 is 1.23 bits per heavy atom. The zero-order valence-corrected chi connectivity index (χ0v) is 17.1. The number of nitrogens with zero attached hydrogens (tertiary/aromatic N) is 5. The van der Waals surface area contributed by atoms with Crippen LogP contribution in [0.25, 0.3) is 0 Å². The van der Waals surface area contributed by atoms with E-state index in [0.717, 1.165) is 50.0 Å². The van der Waals surface area contributed by atoms with Crippen LogP contribution in [-0.2, 0) is 17.8 Å². The van der Waals surface area contributed by atoms with Crippen molar-refractivity contribution in [2.75, 3.05) is 31.1 Å². The summed E-state index contributed by atoms with van der Waals surface area (Å²) in [5.74, 6) is 0.816. The highest BCUT2D eigenvalue weighted by Crippen LogP contribution is 2.20. The van der Waals surface area contributed by atoms with E-state index in [1.165, 1.54) is 11.3 Å². The van der Waals surface area contributed by atoms with Gasteiger partial charge in [0.25, 0.3) is 0 Å². The molecule has 0 aromatic carbocycles. The van der Waals surface area contributed by atoms with Gasteiger partial charge in [0.15, 0.2) is 5.13 Å². The summed E-state index contributed by atoms with van der Waals surface area (Å²) in [4.78, 5) is 21.3. The molecule has 0 saturated carbocycles. The molecule has 6 nitrogen and oxygen atoms in total. The third-order valence-corrected chi connectivity index (χ3v) is 5.81. The van der Waals surface area contributed by atoms with Crippen LogP contribution < -0.4 is 4.90 Å². The number of piperazine rings is 1. The molecule has 3 rings (SSSR count). The summed E-state index contributed by atoms with van der Waals surface area (Å²) in [5.41, 5.74) is 3.50. The van der Waals surface area contributed by atoms with Crippen LogP contribution >= 0.6 is 11.3 Å². The fraction of sp³-hybridized carbons (Fsp3) is 0.632. The molecule has 2 aromatic rings. The Hall–Kier alpha value is -1.89. The third kappa shape index (κ3) is 4.26. The van der Waals surface area contributed by atoms with Crippen molar-refractivity contribution in [1.82, 2.24) is 19.7 Å². The van der Waals surface area contributed by atoms with Gasteiger partial charge in [0, 0.05) is 56.4 Å². The first kappa shape index (κ1) is 18.9. The van der Waals surface area contributed by atoms with E-state index in [0.29, 0.717) is 12.3 Å². The van der Waals surface area contributed by atoms with Gasteiger partial charge in [0.05, 0.1) is 5.69 Å². The standard InChI is InChI=1S/C19H29N5OS/c1-14(2)13-24-16(4)17(15(3)21-24)5-6-18(25)22-8-10-23(11-9-22)19-20-7-12-26-19/h7,12,14H,5-6,8-11,13H2,1-4H3. The number of anilines is 1. The van der Waals surface area contributed by atoms with Crippen LogP contribution in [-0.4, -0.2) is 51.8 Å². The van der Waals surface area contributed by atoms with Crippen LogP contribution in [0, 0.1) is 19.8 Å². The average molecular weight is 376 g/mol. The van der Waals surface area contributed by atoms with Crippen molar-refractivity contribution in [3.05, 3.63) is 28.5 Å². The second kappa shape index (κ2) is 8.20. The normalized spacial score (nSPS) is 15.1. The minimum Gasteiger partial charge on any atom is -0.345 e. The van der Waals surface area contributed by atoms with Crippen molar-refractivity contribution in [3.8, 4) is 0 Å². The van der Waals surface area contributed by atoms with E-state index in [4.69, 9.17) is 0 Å². The number of aromatic nitrogens is 3. The lowest BCUT2D eigenvalue weighted by molar-refractivity contribution is -0.131. The van der Waals surface area contributed by atoms with Gasteiger partial charge in [-0.2, -0.15) is 5.10 Å². The molecule has 142 valence electrons. The van der Waals surface area contributed by atoms with Crippen molar-refractivity contribution in [2.24, 2.45) is 5.92 Å². The van der Waals surface area contributed by atoms with E-state index in [9.17, 15) is 4.79 Å². The van der Waals surface area contributed by atoms with E-state index >= 15 is 0 Å². The zero-order valence-electron chi connectivity index (χ0n) is 16.2. The van der Waals surface area contributed by atoms with Gasteiger partial charge in [-0.25, -0.2) is 4.98 Å². The van der Waals surface area contributed by atoms with Crippen molar-refractivity contribution in [3.63, 3.8) is 0 Å². The molecule has 1 amide bonds. The Balaban J connectivity index is 1.53. The molecule has 1 aliphatic heterocycles. The fourth-order valence-electron chi connectivity index (χ4n) is 3.53. The van der Waals surface area contributed by atoms with Crippen molar-refractivity contribution >= 4 is 22.4 Å². The highest BCUT2D eigenvalue weighted by molar-refractivity contribution is 7.13. The average Bonchev–Trinajstić information content (AvgIpc) is 3.23. The molecule has 0 bridgehead atoms. The van der Waals surface area contributed by atoms with E-state index in [-0.39, 0.29) is 5.91 Å². The minimum atomic E-state index is 0.249. The number of carbonyl (C=O) groups excluding carboxylic acids is 1. The van der Waals surface area contributed by atoms with Gasteiger partial charge in [-0.05, 0) is 31.7 Å². The summed E-state index contributed by atoms with van der Waals surface area (Å²) < 4.78 is 2.09. The Morgan fingerprint density at radius 3 is 2.58 bits per heavy atom. The SMILES string of the molecule is Cc1nn(CC(C)C)c(C)c1CCC(=O)N1CCN(c2nccs2)CC1. The summed E-state index contributed by atoms with van der Waals surface area (Å²) in [6.07, 6.45) is 3.18. The van der Waals surface area contributed by atoms with Gasteiger partial charge in [-0.1, -0.05) is 13.8 Å². The third-order valence-electron chi connectivity index (χ3n) is 4.98. The monoisotopic (exact) mass is 375 g/mol. The first-order valence-corrected chi connectivity index (χ1v) is 10.3. The largest absolute Gasteiger partial charge is 0.345 e. The topological polar surface area (TPSA) is 54.3 Å². The maximum absolute atomic E-state index is 12.6. The van der Waals surface area contributed by atoms with Gasteiger partial charge >= 0.3 is 0 Å². The maximum atomic E-state index is 12.6. The number of hydrogen-bond donors (Lipinski definition) is 0. The number of rotatable bonds is 6. The summed E-state index contributed by atoms with van der Waals surface area (Å²) in [7, 11) is 0. The predicted molar refractivity (Wildman–Crippen MR) is 106 cm³/mol. The summed E-state index contributed by atoms with van der Waals surface area (Å²) in [6.45, 7) is 12.8. The van der Waals surface area contributed by atoms with E-state index in [1.807, 2.05) is 16.5 Å². The maximum Gasteiger partial charge on any atom is 0.223 e. The highest BCUT2D eigenvalue weighted by Gasteiger charge is 2.23. The van der Waals surface area contributed by atoms with Crippen LogP contribution in [0.15, 0.2) is 11.6 Å². The quantitative estimate of drug-likeness (QED) is 0.779. The summed E-state index contributed by atoms with van der Waals surface area (Å²) in [5, 5.41) is 7.71. The smallest absolute Gasteiger partial charge is 0.223 e. The lowest BCUT2D eigenvalue weighted by Crippen LogP contribution is -2.48. The van der Waals surface area contributed by atoms with Gasteiger partial charge in [-0.15, -0.1) is 11.3 Å². The Kier molecular flexibility index (Phi) is 5.96. The molecule has 1 saturated heterocycles. The second-order valence-corrected chi connectivity index (χ2v) is 8.28. The van der Waals surface area contributed by atoms with Gasteiger partial charge in [0.2, 0.25) is 5.91 Å². The number of thiazole rings is 1. The van der Waals surface area contributed by atoms with Crippen molar-refractivity contribution in [2.45, 2.75) is 47.1 Å². The highest BCUT2D eigenvalue weighted by atomic mass is 32.1. The summed E-state index contributed by atoms with van der Waals surface area (Å²) >= 11 is 1.66. The predicted octanol–water partition coefficient (Wildman–Crippen LogP) is 2.89. The van der Waals surface area contributed by atoms with Crippen LogP contribution in [0.1, 0.15) is 37.2 Å². The van der Waals surface area contributed by atoms with Crippen LogP contribution in [0.4, 0.5) is 5.13 Å². The van der Waals surface area contributed by atoms with Crippen LogP contribution in [0.2, 0.25) is 0 Å². The minimum absolute atomic E-state index is 0.249. The molecular formula is C19H29N5OS. The lowest BCUT2D eigenvalue weighted by atomic mass is 10.1. The fourth-order valence-corrected chi connectivity index (χ4v) is 4.23. The van der Waals surface area contributed by atoms with Gasteiger partial charge < -0.3 is 9.80 Å². The van der Waals surface area contributed by atoms with Crippen molar-refractivity contribution < 1.29 is 4.79 Å². The van der Waals surface area contributed by atoms with E-state index in [1.54, 1.807) is 11.3 Å².